The number of aliphatic imine (C=N–C) groups is 2. The highest BCUT2D eigenvalue weighted by Crippen LogP contribution is 2.57. The SMILES string of the molecule is C1=CC2=N[C@]34CCCC[C@H]3[C@@H](c3ccccc3)C=C(c3ccccc3)N4C2=CC1=Nc1ccccc1. The van der Waals surface area contributed by atoms with E-state index in [4.69, 9.17) is 9.98 Å². The molecule has 2 aliphatic carbocycles. The topological polar surface area (TPSA) is 28.0 Å². The molecule has 0 saturated heterocycles. The second kappa shape index (κ2) is 8.60. The van der Waals surface area contributed by atoms with E-state index in [2.05, 4.69) is 102 Å². The maximum absolute atomic E-state index is 5.57. The third-order valence-corrected chi connectivity index (χ3v) is 8.09. The molecule has 1 fully saturated rings. The van der Waals surface area contributed by atoms with Crippen LogP contribution >= 0.6 is 0 Å². The molecular formula is C33H29N3. The fourth-order valence-corrected chi connectivity index (χ4v) is 6.56. The molecule has 36 heavy (non-hydrogen) atoms. The van der Waals surface area contributed by atoms with Gasteiger partial charge in [-0.2, -0.15) is 0 Å². The van der Waals surface area contributed by atoms with Gasteiger partial charge >= 0.3 is 0 Å². The van der Waals surface area contributed by atoms with Gasteiger partial charge in [-0.1, -0.05) is 91.4 Å². The summed E-state index contributed by atoms with van der Waals surface area (Å²) in [5.74, 6) is 0.771. The highest BCUT2D eigenvalue weighted by molar-refractivity contribution is 6.23. The minimum Gasteiger partial charge on any atom is -0.313 e. The molecule has 0 unspecified atom stereocenters. The van der Waals surface area contributed by atoms with Crippen molar-refractivity contribution in [3.63, 3.8) is 0 Å². The number of rotatable bonds is 3. The van der Waals surface area contributed by atoms with Crippen LogP contribution in [0.15, 0.2) is 131 Å². The molecule has 3 aromatic carbocycles. The van der Waals surface area contributed by atoms with E-state index in [1.54, 1.807) is 0 Å². The first-order valence-electron chi connectivity index (χ1n) is 13.1. The van der Waals surface area contributed by atoms with Crippen LogP contribution in [-0.2, 0) is 0 Å². The lowest BCUT2D eigenvalue weighted by Crippen LogP contribution is -2.54. The van der Waals surface area contributed by atoms with Crippen LogP contribution in [0.2, 0.25) is 0 Å². The quantitative estimate of drug-likeness (QED) is 0.363. The zero-order valence-corrected chi connectivity index (χ0v) is 20.3. The lowest BCUT2D eigenvalue weighted by molar-refractivity contribution is 0.0687. The lowest BCUT2D eigenvalue weighted by atomic mass is 9.66. The van der Waals surface area contributed by atoms with Crippen molar-refractivity contribution >= 4 is 22.8 Å². The fraction of sp³-hybridized carbons (Fsp3) is 0.212. The standard InChI is InChI=1S/C33H29N3/c1-4-12-24(13-5-1)28-23-31(25-14-6-2-7-15-25)36-32-22-27(34-26-16-8-3-9-17-26)19-20-30(32)35-33(36)21-11-10-18-29(28)33/h1-9,12-17,19-20,22-23,28-29H,10-11,18,21H2/t28-,29+,33+/m1/s1. The van der Waals surface area contributed by atoms with E-state index in [1.165, 1.54) is 41.8 Å². The number of nitrogens with zero attached hydrogens (tertiary/aromatic N) is 3. The van der Waals surface area contributed by atoms with Crippen molar-refractivity contribution in [2.24, 2.45) is 15.9 Å². The summed E-state index contributed by atoms with van der Waals surface area (Å²) in [6.45, 7) is 0. The molecule has 2 heterocycles. The van der Waals surface area contributed by atoms with Crippen molar-refractivity contribution in [3.8, 4) is 0 Å². The largest absolute Gasteiger partial charge is 0.313 e. The summed E-state index contributed by atoms with van der Waals surface area (Å²) in [6.07, 6.45) is 13.8. The van der Waals surface area contributed by atoms with E-state index in [1.807, 2.05) is 18.2 Å². The van der Waals surface area contributed by atoms with E-state index < -0.39 is 0 Å². The van der Waals surface area contributed by atoms with Crippen LogP contribution < -0.4 is 0 Å². The van der Waals surface area contributed by atoms with Gasteiger partial charge in [-0.3, -0.25) is 4.99 Å². The highest BCUT2D eigenvalue weighted by Gasteiger charge is 2.56. The molecule has 0 bridgehead atoms. The maximum Gasteiger partial charge on any atom is 0.140 e. The summed E-state index contributed by atoms with van der Waals surface area (Å²) in [5.41, 5.74) is 7.86. The van der Waals surface area contributed by atoms with E-state index in [0.717, 1.165) is 23.5 Å². The van der Waals surface area contributed by atoms with E-state index in [9.17, 15) is 0 Å². The van der Waals surface area contributed by atoms with Crippen molar-refractivity contribution in [1.82, 2.24) is 4.90 Å². The van der Waals surface area contributed by atoms with Gasteiger partial charge in [-0.05, 0) is 60.8 Å². The third kappa shape index (κ3) is 3.42. The van der Waals surface area contributed by atoms with E-state index in [0.29, 0.717) is 11.8 Å². The molecule has 4 aliphatic rings. The number of hydrogen-bond acceptors (Lipinski definition) is 3. The Balaban J connectivity index is 1.42. The predicted octanol–water partition coefficient (Wildman–Crippen LogP) is 7.69. The van der Waals surface area contributed by atoms with Gasteiger partial charge in [0.25, 0.3) is 0 Å². The van der Waals surface area contributed by atoms with E-state index in [-0.39, 0.29) is 5.66 Å². The monoisotopic (exact) mass is 467 g/mol. The van der Waals surface area contributed by atoms with Gasteiger partial charge in [-0.15, -0.1) is 0 Å². The van der Waals surface area contributed by atoms with Crippen LogP contribution in [0.3, 0.4) is 0 Å². The zero-order valence-electron chi connectivity index (χ0n) is 20.3. The molecule has 0 aromatic heterocycles. The van der Waals surface area contributed by atoms with Crippen LogP contribution in [0, 0.1) is 5.92 Å². The Morgan fingerprint density at radius 3 is 2.28 bits per heavy atom. The van der Waals surface area contributed by atoms with Crippen LogP contribution in [0.1, 0.15) is 42.7 Å². The Morgan fingerprint density at radius 1 is 0.778 bits per heavy atom. The molecule has 2 aliphatic heterocycles. The molecule has 3 atom stereocenters. The predicted molar refractivity (Wildman–Crippen MR) is 148 cm³/mol. The zero-order chi connectivity index (χ0) is 24.0. The highest BCUT2D eigenvalue weighted by atomic mass is 15.4. The van der Waals surface area contributed by atoms with Crippen LogP contribution in [0.25, 0.3) is 5.70 Å². The normalized spacial score (nSPS) is 27.5. The Kier molecular flexibility index (Phi) is 5.09. The van der Waals surface area contributed by atoms with Crippen molar-refractivity contribution in [2.75, 3.05) is 0 Å². The number of hydrogen-bond donors (Lipinski definition) is 0. The molecular weight excluding hydrogens is 438 g/mol. The van der Waals surface area contributed by atoms with Gasteiger partial charge in [0.1, 0.15) is 5.66 Å². The first-order chi connectivity index (χ1) is 17.8. The van der Waals surface area contributed by atoms with Crippen LogP contribution in [-0.4, -0.2) is 22.0 Å². The van der Waals surface area contributed by atoms with Gasteiger partial charge in [-0.25, -0.2) is 4.99 Å². The summed E-state index contributed by atoms with van der Waals surface area (Å²) in [7, 11) is 0. The van der Waals surface area contributed by atoms with Crippen LogP contribution in [0.5, 0.6) is 0 Å². The smallest absolute Gasteiger partial charge is 0.140 e. The van der Waals surface area contributed by atoms with Gasteiger partial charge in [0, 0.05) is 17.5 Å². The first-order valence-corrected chi connectivity index (χ1v) is 13.1. The second-order valence-electron chi connectivity index (χ2n) is 10.2. The van der Waals surface area contributed by atoms with Crippen molar-refractivity contribution in [3.05, 3.63) is 132 Å². The number of para-hydroxylation sites is 1. The molecule has 0 radical (unpaired) electrons. The molecule has 3 aromatic rings. The average Bonchev–Trinajstić information content (AvgIpc) is 3.27. The van der Waals surface area contributed by atoms with Gasteiger partial charge in [0.15, 0.2) is 0 Å². The number of allylic oxidation sites excluding steroid dienone is 4. The maximum atomic E-state index is 5.57. The molecule has 0 amide bonds. The summed E-state index contributed by atoms with van der Waals surface area (Å²) < 4.78 is 0. The first kappa shape index (κ1) is 21.3. The van der Waals surface area contributed by atoms with Crippen molar-refractivity contribution < 1.29 is 0 Å². The summed E-state index contributed by atoms with van der Waals surface area (Å²) in [5, 5.41) is 0. The Morgan fingerprint density at radius 2 is 1.50 bits per heavy atom. The third-order valence-electron chi connectivity index (χ3n) is 8.09. The van der Waals surface area contributed by atoms with Gasteiger partial charge < -0.3 is 4.90 Å². The van der Waals surface area contributed by atoms with E-state index >= 15 is 0 Å². The lowest BCUT2D eigenvalue weighted by Gasteiger charge is -2.53. The summed E-state index contributed by atoms with van der Waals surface area (Å²) in [6, 6.07) is 32.1. The van der Waals surface area contributed by atoms with Crippen LogP contribution in [0.4, 0.5) is 5.69 Å². The molecule has 1 saturated carbocycles. The minimum absolute atomic E-state index is 0.258. The number of fused-ring (bicyclic) bond motifs is 2. The summed E-state index contributed by atoms with van der Waals surface area (Å²) in [4.78, 5) is 13.1. The molecule has 176 valence electrons. The molecule has 0 N–H and O–H groups in total. The Labute approximate surface area is 212 Å². The molecule has 3 nitrogen and oxygen atoms in total. The van der Waals surface area contributed by atoms with Gasteiger partial charge in [0.05, 0.1) is 22.8 Å². The molecule has 7 rings (SSSR count). The molecule has 3 heteroatoms. The summed E-state index contributed by atoms with van der Waals surface area (Å²) >= 11 is 0. The van der Waals surface area contributed by atoms with Crippen molar-refractivity contribution in [2.45, 2.75) is 37.3 Å². The molecule has 1 spiro atoms. The fourth-order valence-electron chi connectivity index (χ4n) is 6.56. The van der Waals surface area contributed by atoms with Gasteiger partial charge in [0.2, 0.25) is 0 Å². The average molecular weight is 468 g/mol. The second-order valence-corrected chi connectivity index (χ2v) is 10.2. The Hall–Kier alpha value is -3.98. The van der Waals surface area contributed by atoms with Crippen molar-refractivity contribution in [1.29, 1.82) is 0 Å². The number of benzene rings is 3. The minimum atomic E-state index is -0.258. The Bertz CT molecular complexity index is 1430.